The van der Waals surface area contributed by atoms with Crippen LogP contribution < -0.4 is 5.32 Å². The Labute approximate surface area is 223 Å². The van der Waals surface area contributed by atoms with Crippen LogP contribution in [0.4, 0.5) is 4.79 Å². The highest BCUT2D eigenvalue weighted by molar-refractivity contribution is 5.88. The zero-order valence-electron chi connectivity index (χ0n) is 22.6. The van der Waals surface area contributed by atoms with E-state index >= 15 is 0 Å². The molecule has 16 nitrogen and oxygen atoms in total. The summed E-state index contributed by atoms with van der Waals surface area (Å²) in [7, 11) is 1.09. The molecule has 0 unspecified atom stereocenters. The molecular weight excluding hydrogens is 524 g/mol. The van der Waals surface area contributed by atoms with Crippen LogP contribution in [0.25, 0.3) is 10.4 Å². The maximum atomic E-state index is 12.8. The van der Waals surface area contributed by atoms with Crippen LogP contribution in [-0.2, 0) is 52.3 Å². The molecule has 216 valence electrons. The summed E-state index contributed by atoms with van der Waals surface area (Å²) in [6.45, 7) is 7.06. The number of carbonyl (C=O) groups is 5. The number of nitrogens with one attached hydrogen (secondary N) is 1. The van der Waals surface area contributed by atoms with Gasteiger partial charge in [-0.15, -0.1) is 0 Å². The summed E-state index contributed by atoms with van der Waals surface area (Å²) in [6.07, 6.45) is -2.78. The quantitative estimate of drug-likeness (QED) is 0.117. The molecule has 0 aromatic carbocycles. The van der Waals surface area contributed by atoms with Gasteiger partial charge in [0.15, 0.2) is 17.7 Å². The Morgan fingerprint density at radius 3 is 2.13 bits per heavy atom. The smallest absolute Gasteiger partial charge is 0.408 e. The van der Waals surface area contributed by atoms with Crippen molar-refractivity contribution in [1.82, 2.24) is 5.32 Å². The van der Waals surface area contributed by atoms with Gasteiger partial charge in [0.25, 0.3) is 0 Å². The summed E-state index contributed by atoms with van der Waals surface area (Å²) in [5, 5.41) is 6.09. The molecule has 1 amide bonds. The number of esters is 4. The SMILES string of the molecule is COC(=O)[C@]1(NC(=O)OC(C)(C)C)C=C[C@]2(OC1)O[C@H](COC(C)=O)[C@H](OC(C)=O)[C@H](OC(C)=O)[C@H]2N=[N+]=[N-]. The minimum Gasteiger partial charge on any atom is -0.467 e. The van der Waals surface area contributed by atoms with Crippen LogP contribution in [-0.4, -0.2) is 91.6 Å². The Morgan fingerprint density at radius 2 is 1.67 bits per heavy atom. The molecule has 2 heterocycles. The summed E-state index contributed by atoms with van der Waals surface area (Å²) in [4.78, 5) is 63.5. The number of azide groups is 1. The fraction of sp³-hybridized carbons (Fsp3) is 0.696. The van der Waals surface area contributed by atoms with Gasteiger partial charge in [0.05, 0.1) is 13.7 Å². The highest BCUT2D eigenvalue weighted by Crippen LogP contribution is 2.41. The van der Waals surface area contributed by atoms with Gasteiger partial charge in [-0.05, 0) is 38.5 Å². The Bertz CT molecular complexity index is 1070. The second-order valence-electron chi connectivity index (χ2n) is 9.69. The molecule has 2 aliphatic heterocycles. The average Bonchev–Trinajstić information content (AvgIpc) is 2.81. The van der Waals surface area contributed by atoms with Gasteiger partial charge in [-0.25, -0.2) is 9.59 Å². The molecule has 0 saturated carbocycles. The number of rotatable bonds is 7. The van der Waals surface area contributed by atoms with Crippen LogP contribution in [0.3, 0.4) is 0 Å². The van der Waals surface area contributed by atoms with Crippen LogP contribution in [0, 0.1) is 0 Å². The Morgan fingerprint density at radius 1 is 1.05 bits per heavy atom. The Balaban J connectivity index is 2.61. The van der Waals surface area contributed by atoms with Crippen LogP contribution in [0.1, 0.15) is 41.5 Å². The molecule has 39 heavy (non-hydrogen) atoms. The van der Waals surface area contributed by atoms with Gasteiger partial charge in [0.2, 0.25) is 5.79 Å². The first kappa shape index (κ1) is 31.3. The third-order valence-corrected chi connectivity index (χ3v) is 5.38. The monoisotopic (exact) mass is 556 g/mol. The number of ether oxygens (including phenoxy) is 7. The van der Waals surface area contributed by atoms with E-state index in [9.17, 15) is 29.5 Å². The zero-order valence-corrected chi connectivity index (χ0v) is 22.6. The predicted molar refractivity (Wildman–Crippen MR) is 127 cm³/mol. The molecule has 0 bridgehead atoms. The fourth-order valence-corrected chi connectivity index (χ4v) is 3.94. The molecule has 0 aromatic heterocycles. The second kappa shape index (κ2) is 12.3. The molecule has 16 heteroatoms. The average molecular weight is 557 g/mol. The zero-order chi connectivity index (χ0) is 29.6. The lowest BCUT2D eigenvalue weighted by Gasteiger charge is -2.51. The minimum atomic E-state index is -2.04. The van der Waals surface area contributed by atoms with E-state index in [1.165, 1.54) is 6.08 Å². The van der Waals surface area contributed by atoms with E-state index in [-0.39, 0.29) is 0 Å². The van der Waals surface area contributed by atoms with E-state index in [0.29, 0.717) is 0 Å². The van der Waals surface area contributed by atoms with Crippen molar-refractivity contribution in [3.05, 3.63) is 22.6 Å². The molecule has 6 atom stereocenters. The van der Waals surface area contributed by atoms with Gasteiger partial charge in [-0.1, -0.05) is 5.11 Å². The summed E-state index contributed by atoms with van der Waals surface area (Å²) in [6, 6.07) is -1.52. The normalized spacial score (nSPS) is 29.8. The largest absolute Gasteiger partial charge is 0.467 e. The van der Waals surface area contributed by atoms with E-state index in [1.54, 1.807) is 20.8 Å². The van der Waals surface area contributed by atoms with E-state index in [4.69, 9.17) is 33.2 Å². The third kappa shape index (κ3) is 7.81. The number of carbonyl (C=O) groups excluding carboxylic acids is 5. The van der Waals surface area contributed by atoms with Crippen molar-refractivity contribution in [3.8, 4) is 0 Å². The van der Waals surface area contributed by atoms with Gasteiger partial charge in [0, 0.05) is 25.7 Å². The first-order valence-electron chi connectivity index (χ1n) is 11.7. The highest BCUT2D eigenvalue weighted by atomic mass is 16.7. The molecular formula is C23H32N4O12. The van der Waals surface area contributed by atoms with Crippen molar-refractivity contribution in [1.29, 1.82) is 0 Å². The van der Waals surface area contributed by atoms with Gasteiger partial charge < -0.3 is 33.2 Å². The first-order valence-corrected chi connectivity index (χ1v) is 11.7. The number of methoxy groups -OCH3 is 1. The van der Waals surface area contributed by atoms with Crippen LogP contribution >= 0.6 is 0 Å². The number of alkyl carbamates (subject to hydrolysis) is 1. The first-order chi connectivity index (χ1) is 18.1. The van der Waals surface area contributed by atoms with E-state index < -0.39 is 84.5 Å². The van der Waals surface area contributed by atoms with Crippen molar-refractivity contribution in [2.24, 2.45) is 5.11 Å². The summed E-state index contributed by atoms with van der Waals surface area (Å²) in [5.41, 5.74) is 6.51. The second-order valence-corrected chi connectivity index (χ2v) is 9.69. The Hall–Kier alpha value is -3.88. The van der Waals surface area contributed by atoms with E-state index in [0.717, 1.165) is 34.0 Å². The fourth-order valence-electron chi connectivity index (χ4n) is 3.94. The van der Waals surface area contributed by atoms with Gasteiger partial charge >= 0.3 is 30.0 Å². The molecule has 1 N–H and O–H groups in total. The lowest BCUT2D eigenvalue weighted by molar-refractivity contribution is -0.317. The predicted octanol–water partition coefficient (Wildman–Crippen LogP) is 1.21. The van der Waals surface area contributed by atoms with Crippen LogP contribution in [0.2, 0.25) is 0 Å². The standard InChI is InChI=1S/C23H32N4O12/c1-12(28)34-10-15-16(36-13(2)29)17(37-14(3)30)18(26-27-24)23(38-15)9-8-22(11-35-23,19(31)33-7)25-20(32)39-21(4,5)6/h8-9,15-18H,10-11H2,1-7H3,(H,25,32)/t15-,16+,17+,18-,22+,23+/m1/s1. The van der Waals surface area contributed by atoms with Crippen molar-refractivity contribution in [2.45, 2.75) is 82.8 Å². The van der Waals surface area contributed by atoms with Crippen molar-refractivity contribution < 1.29 is 57.1 Å². The van der Waals surface area contributed by atoms with Crippen LogP contribution in [0.5, 0.6) is 0 Å². The van der Waals surface area contributed by atoms with E-state index in [2.05, 4.69) is 15.3 Å². The van der Waals surface area contributed by atoms with Crippen molar-refractivity contribution in [2.75, 3.05) is 20.3 Å². The number of nitrogens with zero attached hydrogens (tertiary/aromatic N) is 3. The van der Waals surface area contributed by atoms with Gasteiger partial charge in [-0.3, -0.25) is 19.7 Å². The molecule has 1 saturated heterocycles. The molecule has 2 aliphatic rings. The number of hydrogen-bond acceptors (Lipinski definition) is 13. The van der Waals surface area contributed by atoms with Crippen molar-refractivity contribution in [3.63, 3.8) is 0 Å². The highest BCUT2D eigenvalue weighted by Gasteiger charge is 2.60. The molecule has 1 spiro atoms. The lowest BCUT2D eigenvalue weighted by Crippen LogP contribution is -2.70. The summed E-state index contributed by atoms with van der Waals surface area (Å²) in [5.74, 6) is -5.28. The maximum Gasteiger partial charge on any atom is 0.408 e. The number of hydrogen-bond donors (Lipinski definition) is 1. The topological polar surface area (TPSA) is 211 Å². The molecule has 0 aliphatic carbocycles. The minimum absolute atomic E-state index is 0.481. The van der Waals surface area contributed by atoms with Crippen LogP contribution in [0.15, 0.2) is 17.3 Å². The Kier molecular flexibility index (Phi) is 9.90. The molecule has 2 rings (SSSR count). The molecule has 0 radical (unpaired) electrons. The van der Waals surface area contributed by atoms with Crippen molar-refractivity contribution >= 4 is 30.0 Å². The summed E-state index contributed by atoms with van der Waals surface area (Å²) < 4.78 is 37.8. The lowest BCUT2D eigenvalue weighted by atomic mass is 9.86. The van der Waals surface area contributed by atoms with E-state index in [1.807, 2.05) is 0 Å². The summed E-state index contributed by atoms with van der Waals surface area (Å²) >= 11 is 0. The molecule has 1 fully saturated rings. The maximum absolute atomic E-state index is 12.8. The molecule has 0 aromatic rings. The number of amides is 1. The third-order valence-electron chi connectivity index (χ3n) is 5.38. The van der Waals surface area contributed by atoms with Gasteiger partial charge in [0.1, 0.15) is 24.4 Å². The van der Waals surface area contributed by atoms with Gasteiger partial charge in [-0.2, -0.15) is 0 Å².